The number of amides is 2. The van der Waals surface area contributed by atoms with Gasteiger partial charge in [-0.1, -0.05) is 24.3 Å². The van der Waals surface area contributed by atoms with Gasteiger partial charge in [0.25, 0.3) is 5.91 Å². The van der Waals surface area contributed by atoms with E-state index in [-0.39, 0.29) is 29.7 Å². The Morgan fingerprint density at radius 2 is 1.89 bits per heavy atom. The Morgan fingerprint density at radius 1 is 1.11 bits per heavy atom. The second-order valence-electron chi connectivity index (χ2n) is 6.89. The van der Waals surface area contributed by atoms with E-state index in [2.05, 4.69) is 4.98 Å². The van der Waals surface area contributed by atoms with Crippen LogP contribution in [0, 0.1) is 0 Å². The Labute approximate surface area is 163 Å². The molecule has 0 aliphatic carbocycles. The molecule has 0 fully saturated rings. The van der Waals surface area contributed by atoms with Gasteiger partial charge < -0.3 is 9.32 Å². The van der Waals surface area contributed by atoms with Crippen LogP contribution in [0.1, 0.15) is 42.4 Å². The molecule has 2 unspecified atom stereocenters. The van der Waals surface area contributed by atoms with Crippen molar-refractivity contribution in [3.8, 4) is 0 Å². The summed E-state index contributed by atoms with van der Waals surface area (Å²) in [4.78, 5) is 33.5. The lowest BCUT2D eigenvalue weighted by Crippen LogP contribution is -2.47. The first kappa shape index (κ1) is 18.0. The van der Waals surface area contributed by atoms with Gasteiger partial charge in [-0.15, -0.1) is 0 Å². The van der Waals surface area contributed by atoms with Gasteiger partial charge in [-0.05, 0) is 43.7 Å². The van der Waals surface area contributed by atoms with Crippen LogP contribution >= 0.6 is 0 Å². The molecule has 1 aliphatic rings. The van der Waals surface area contributed by atoms with Gasteiger partial charge in [0.1, 0.15) is 5.82 Å². The van der Waals surface area contributed by atoms with Crippen molar-refractivity contribution in [3.63, 3.8) is 0 Å². The predicted molar refractivity (Wildman–Crippen MR) is 106 cm³/mol. The molecule has 2 aromatic heterocycles. The number of pyridine rings is 1. The molecule has 3 aromatic rings. The van der Waals surface area contributed by atoms with Gasteiger partial charge in [0, 0.05) is 30.4 Å². The van der Waals surface area contributed by atoms with Gasteiger partial charge in [0.2, 0.25) is 5.91 Å². The van der Waals surface area contributed by atoms with Crippen molar-refractivity contribution in [2.24, 2.45) is 0 Å². The zero-order chi connectivity index (χ0) is 19.7. The van der Waals surface area contributed by atoms with Crippen LogP contribution in [-0.4, -0.2) is 22.8 Å². The van der Waals surface area contributed by atoms with E-state index in [1.807, 2.05) is 49.4 Å². The molecule has 0 radical (unpaired) electrons. The predicted octanol–water partition coefficient (Wildman–Crippen LogP) is 4.21. The molecule has 6 heteroatoms. The number of aromatic nitrogens is 1. The number of hydrogen-bond acceptors (Lipinski definition) is 4. The van der Waals surface area contributed by atoms with E-state index >= 15 is 0 Å². The lowest BCUT2D eigenvalue weighted by molar-refractivity contribution is -0.117. The summed E-state index contributed by atoms with van der Waals surface area (Å²) in [7, 11) is 0. The van der Waals surface area contributed by atoms with E-state index in [0.29, 0.717) is 12.2 Å². The van der Waals surface area contributed by atoms with Crippen molar-refractivity contribution in [2.75, 3.05) is 9.80 Å². The molecule has 142 valence electrons. The molecule has 6 nitrogen and oxygen atoms in total. The number of carbonyl (C=O) groups excluding carboxylic acids is 2. The minimum absolute atomic E-state index is 0.0518. The highest BCUT2D eigenvalue weighted by atomic mass is 16.3. The van der Waals surface area contributed by atoms with Crippen molar-refractivity contribution >= 4 is 23.3 Å². The smallest absolute Gasteiger partial charge is 0.295 e. The van der Waals surface area contributed by atoms with Crippen molar-refractivity contribution in [2.45, 2.75) is 32.4 Å². The van der Waals surface area contributed by atoms with Crippen LogP contribution in [0.5, 0.6) is 0 Å². The van der Waals surface area contributed by atoms with Gasteiger partial charge in [-0.25, -0.2) is 4.98 Å². The lowest BCUT2D eigenvalue weighted by atomic mass is 9.92. The third-order valence-electron chi connectivity index (χ3n) is 5.05. The second-order valence-corrected chi connectivity index (χ2v) is 6.89. The molecule has 2 atom stereocenters. The van der Waals surface area contributed by atoms with Crippen LogP contribution < -0.4 is 9.80 Å². The van der Waals surface area contributed by atoms with Crippen molar-refractivity contribution in [1.29, 1.82) is 0 Å². The molecular weight excluding hydrogens is 354 g/mol. The summed E-state index contributed by atoms with van der Waals surface area (Å²) in [6.45, 7) is 3.53. The highest BCUT2D eigenvalue weighted by Crippen LogP contribution is 2.41. The number of para-hydroxylation sites is 1. The molecule has 28 heavy (non-hydrogen) atoms. The molecule has 4 rings (SSSR count). The highest BCUT2D eigenvalue weighted by molar-refractivity contribution is 6.05. The normalized spacial score (nSPS) is 18.4. The molecule has 2 amide bonds. The van der Waals surface area contributed by atoms with Crippen LogP contribution in [0.4, 0.5) is 11.5 Å². The molecule has 1 aromatic carbocycles. The Hall–Kier alpha value is -3.41. The standard InChI is InChI=1S/C22H21N3O3/c1-15-14-19(25(16(2)26)17-8-4-3-5-9-17)18-10-6-12-23-21(18)24(15)22(27)20-11-7-13-28-20/h3-13,15,19H,14H2,1-2H3. The summed E-state index contributed by atoms with van der Waals surface area (Å²) >= 11 is 0. The maximum absolute atomic E-state index is 13.0. The topological polar surface area (TPSA) is 66.7 Å². The average molecular weight is 375 g/mol. The molecule has 0 N–H and O–H groups in total. The van der Waals surface area contributed by atoms with Gasteiger partial charge in [0.05, 0.1) is 12.3 Å². The Morgan fingerprint density at radius 3 is 2.57 bits per heavy atom. The zero-order valence-corrected chi connectivity index (χ0v) is 15.8. The summed E-state index contributed by atoms with van der Waals surface area (Å²) in [5, 5.41) is 0. The van der Waals surface area contributed by atoms with Crippen LogP contribution in [-0.2, 0) is 4.79 Å². The largest absolute Gasteiger partial charge is 0.459 e. The van der Waals surface area contributed by atoms with E-state index in [4.69, 9.17) is 4.42 Å². The van der Waals surface area contributed by atoms with Crippen molar-refractivity contribution in [3.05, 3.63) is 78.4 Å². The first-order valence-electron chi connectivity index (χ1n) is 9.24. The SMILES string of the molecule is CC(=O)N(c1ccccc1)C1CC(C)N(C(=O)c2ccco2)c2ncccc21. The molecule has 0 saturated heterocycles. The summed E-state index contributed by atoms with van der Waals surface area (Å²) < 4.78 is 5.31. The van der Waals surface area contributed by atoms with E-state index in [0.717, 1.165) is 11.3 Å². The minimum atomic E-state index is -0.231. The molecule has 3 heterocycles. The van der Waals surface area contributed by atoms with Crippen LogP contribution in [0.3, 0.4) is 0 Å². The molecule has 0 bridgehead atoms. The number of anilines is 2. The maximum atomic E-state index is 13.0. The third kappa shape index (κ3) is 3.07. The fourth-order valence-corrected chi connectivity index (χ4v) is 3.86. The fourth-order valence-electron chi connectivity index (χ4n) is 3.86. The fraction of sp³-hybridized carbons (Fsp3) is 0.227. The number of nitrogens with zero attached hydrogens (tertiary/aromatic N) is 3. The second kappa shape index (κ2) is 7.31. The van der Waals surface area contributed by atoms with Crippen LogP contribution in [0.2, 0.25) is 0 Å². The number of rotatable bonds is 3. The van der Waals surface area contributed by atoms with Gasteiger partial charge >= 0.3 is 0 Å². The van der Waals surface area contributed by atoms with E-state index in [1.54, 1.807) is 35.1 Å². The number of carbonyl (C=O) groups is 2. The quantitative estimate of drug-likeness (QED) is 0.688. The average Bonchev–Trinajstić information content (AvgIpc) is 3.23. The summed E-state index contributed by atoms with van der Waals surface area (Å²) in [6.07, 6.45) is 3.74. The minimum Gasteiger partial charge on any atom is -0.459 e. The van der Waals surface area contributed by atoms with Crippen molar-refractivity contribution in [1.82, 2.24) is 4.98 Å². The van der Waals surface area contributed by atoms with E-state index in [9.17, 15) is 9.59 Å². The van der Waals surface area contributed by atoms with E-state index in [1.165, 1.54) is 6.26 Å². The van der Waals surface area contributed by atoms with Gasteiger partial charge in [-0.2, -0.15) is 0 Å². The molecule has 0 saturated carbocycles. The number of benzene rings is 1. The summed E-state index contributed by atoms with van der Waals surface area (Å²) in [6, 6.07) is 16.3. The summed E-state index contributed by atoms with van der Waals surface area (Å²) in [5.74, 6) is 0.553. The highest BCUT2D eigenvalue weighted by Gasteiger charge is 2.39. The Balaban J connectivity index is 1.79. The molecule has 1 aliphatic heterocycles. The first-order chi connectivity index (χ1) is 13.6. The third-order valence-corrected chi connectivity index (χ3v) is 5.05. The van der Waals surface area contributed by atoms with Gasteiger partial charge in [-0.3, -0.25) is 14.5 Å². The zero-order valence-electron chi connectivity index (χ0n) is 15.8. The Kier molecular flexibility index (Phi) is 4.69. The molecule has 0 spiro atoms. The first-order valence-corrected chi connectivity index (χ1v) is 9.24. The number of fused-ring (bicyclic) bond motifs is 1. The van der Waals surface area contributed by atoms with Crippen LogP contribution in [0.25, 0.3) is 0 Å². The van der Waals surface area contributed by atoms with Gasteiger partial charge in [0.15, 0.2) is 5.76 Å². The maximum Gasteiger partial charge on any atom is 0.295 e. The lowest BCUT2D eigenvalue weighted by Gasteiger charge is -2.42. The van der Waals surface area contributed by atoms with Crippen molar-refractivity contribution < 1.29 is 14.0 Å². The summed E-state index contributed by atoms with van der Waals surface area (Å²) in [5.41, 5.74) is 1.67. The monoisotopic (exact) mass is 375 g/mol. The Bertz CT molecular complexity index is 985. The number of furan rings is 1. The number of hydrogen-bond donors (Lipinski definition) is 0. The van der Waals surface area contributed by atoms with E-state index < -0.39 is 0 Å². The molecular formula is C22H21N3O3. The van der Waals surface area contributed by atoms with Crippen LogP contribution in [0.15, 0.2) is 71.5 Å².